The van der Waals surface area contributed by atoms with Crippen LogP contribution in [0.15, 0.2) is 24.3 Å². The van der Waals surface area contributed by atoms with Gasteiger partial charge in [0.25, 0.3) is 0 Å². The molecular weight excluding hydrogens is 238 g/mol. The quantitative estimate of drug-likeness (QED) is 0.837. The number of nitrogens with zero attached hydrogens (tertiary/aromatic N) is 1. The van der Waals surface area contributed by atoms with Crippen molar-refractivity contribution >= 4 is 5.91 Å². The van der Waals surface area contributed by atoms with Crippen molar-refractivity contribution in [2.24, 2.45) is 0 Å². The van der Waals surface area contributed by atoms with Crippen molar-refractivity contribution in [3.8, 4) is 0 Å². The first kappa shape index (κ1) is 14.1. The number of rotatable bonds is 3. The Hall–Kier alpha value is -1.35. The number of amides is 1. The molecule has 19 heavy (non-hydrogen) atoms. The van der Waals surface area contributed by atoms with Gasteiger partial charge in [0.2, 0.25) is 5.91 Å². The molecule has 1 aliphatic rings. The number of carbonyl (C=O) groups is 1. The molecule has 0 saturated carbocycles. The molecule has 1 fully saturated rings. The van der Waals surface area contributed by atoms with Crippen LogP contribution < -0.4 is 0 Å². The van der Waals surface area contributed by atoms with Crippen molar-refractivity contribution in [2.45, 2.75) is 39.0 Å². The molecule has 3 heteroatoms. The highest BCUT2D eigenvalue weighted by molar-refractivity contribution is 5.76. The Morgan fingerprint density at radius 1 is 1.26 bits per heavy atom. The van der Waals surface area contributed by atoms with Gasteiger partial charge in [0.15, 0.2) is 0 Å². The van der Waals surface area contributed by atoms with Gasteiger partial charge in [0.1, 0.15) is 6.73 Å². The summed E-state index contributed by atoms with van der Waals surface area (Å²) in [5.74, 6) is 0.192. The molecule has 1 aromatic carbocycles. The predicted octanol–water partition coefficient (Wildman–Crippen LogP) is 2.73. The molecule has 1 aliphatic heterocycles. The lowest BCUT2D eigenvalue weighted by Gasteiger charge is -2.19. The van der Waals surface area contributed by atoms with Gasteiger partial charge in [-0.1, -0.05) is 45.0 Å². The van der Waals surface area contributed by atoms with Crippen LogP contribution in [0.3, 0.4) is 0 Å². The zero-order valence-corrected chi connectivity index (χ0v) is 12.1. The van der Waals surface area contributed by atoms with Crippen LogP contribution in [0.4, 0.5) is 0 Å². The fourth-order valence-corrected chi connectivity index (χ4v) is 2.19. The smallest absolute Gasteiger partial charge is 0.224 e. The summed E-state index contributed by atoms with van der Waals surface area (Å²) in [5.41, 5.74) is 2.73. The summed E-state index contributed by atoms with van der Waals surface area (Å²) < 4.78 is 5.19. The maximum Gasteiger partial charge on any atom is 0.224 e. The van der Waals surface area contributed by atoms with E-state index in [0.29, 0.717) is 19.8 Å². The summed E-state index contributed by atoms with van der Waals surface area (Å²) in [5, 5.41) is 0. The summed E-state index contributed by atoms with van der Waals surface area (Å²) in [7, 11) is 0. The van der Waals surface area contributed by atoms with Gasteiger partial charge >= 0.3 is 0 Å². The van der Waals surface area contributed by atoms with Gasteiger partial charge in [-0.2, -0.15) is 0 Å². The topological polar surface area (TPSA) is 29.5 Å². The van der Waals surface area contributed by atoms with Gasteiger partial charge in [-0.3, -0.25) is 4.79 Å². The van der Waals surface area contributed by atoms with Crippen LogP contribution in [-0.4, -0.2) is 30.7 Å². The van der Waals surface area contributed by atoms with Crippen LogP contribution in [-0.2, 0) is 21.4 Å². The summed E-state index contributed by atoms with van der Waals surface area (Å²) in [6.07, 6.45) is 1.37. The highest BCUT2D eigenvalue weighted by atomic mass is 16.5. The van der Waals surface area contributed by atoms with Crippen molar-refractivity contribution in [3.63, 3.8) is 0 Å². The van der Waals surface area contributed by atoms with Crippen molar-refractivity contribution < 1.29 is 9.53 Å². The van der Waals surface area contributed by atoms with Crippen molar-refractivity contribution in [3.05, 3.63) is 35.4 Å². The Labute approximate surface area is 115 Å². The molecule has 0 bridgehead atoms. The van der Waals surface area contributed by atoms with E-state index in [1.54, 1.807) is 4.90 Å². The Morgan fingerprint density at radius 3 is 2.47 bits per heavy atom. The number of hydrogen-bond donors (Lipinski definition) is 0. The van der Waals surface area contributed by atoms with Crippen LogP contribution in [0.5, 0.6) is 0 Å². The zero-order valence-electron chi connectivity index (χ0n) is 12.1. The first-order chi connectivity index (χ1) is 8.97. The highest BCUT2D eigenvalue weighted by Crippen LogP contribution is 2.22. The lowest BCUT2D eigenvalue weighted by Crippen LogP contribution is -2.28. The van der Waals surface area contributed by atoms with Crippen LogP contribution in [0, 0.1) is 0 Å². The van der Waals surface area contributed by atoms with E-state index >= 15 is 0 Å². The van der Waals surface area contributed by atoms with Gasteiger partial charge < -0.3 is 9.64 Å². The minimum atomic E-state index is 0.182. The van der Waals surface area contributed by atoms with Crippen LogP contribution in [0.1, 0.15) is 38.3 Å². The largest absolute Gasteiger partial charge is 0.359 e. The van der Waals surface area contributed by atoms with Gasteiger partial charge in [-0.25, -0.2) is 0 Å². The average Bonchev–Trinajstić information content (AvgIpc) is 2.89. The molecule has 0 atom stereocenters. The summed E-state index contributed by atoms with van der Waals surface area (Å²) in [6, 6.07) is 8.60. The maximum absolute atomic E-state index is 11.9. The fourth-order valence-electron chi connectivity index (χ4n) is 2.19. The highest BCUT2D eigenvalue weighted by Gasteiger charge is 2.18. The monoisotopic (exact) mass is 261 g/mol. The van der Waals surface area contributed by atoms with Gasteiger partial charge in [0.05, 0.1) is 6.61 Å². The second-order valence-corrected chi connectivity index (χ2v) is 6.14. The number of ether oxygens (including phenoxy) is 1. The van der Waals surface area contributed by atoms with E-state index in [1.165, 1.54) is 11.1 Å². The molecule has 1 saturated heterocycles. The molecule has 0 aliphatic carbocycles. The molecule has 0 radical (unpaired) electrons. The molecule has 1 amide bonds. The first-order valence-electron chi connectivity index (χ1n) is 6.92. The normalized spacial score (nSPS) is 15.8. The molecule has 104 valence electrons. The Balaban J connectivity index is 1.87. The van der Waals surface area contributed by atoms with Crippen molar-refractivity contribution in [1.82, 2.24) is 4.90 Å². The predicted molar refractivity (Wildman–Crippen MR) is 76.0 cm³/mol. The lowest BCUT2D eigenvalue weighted by atomic mass is 9.86. The Bertz CT molecular complexity index is 425. The van der Waals surface area contributed by atoms with Crippen molar-refractivity contribution in [2.75, 3.05) is 19.9 Å². The van der Waals surface area contributed by atoms with Gasteiger partial charge in [0, 0.05) is 13.0 Å². The summed E-state index contributed by atoms with van der Waals surface area (Å²) in [6.45, 7) is 8.49. The minimum absolute atomic E-state index is 0.182. The second-order valence-electron chi connectivity index (χ2n) is 6.14. The van der Waals surface area contributed by atoms with E-state index in [4.69, 9.17) is 4.74 Å². The van der Waals surface area contributed by atoms with Crippen LogP contribution in [0.25, 0.3) is 0 Å². The molecule has 3 nitrogen and oxygen atoms in total. The summed E-state index contributed by atoms with van der Waals surface area (Å²) in [4.78, 5) is 13.7. The maximum atomic E-state index is 11.9. The molecule has 1 aromatic rings. The first-order valence-corrected chi connectivity index (χ1v) is 6.92. The SMILES string of the molecule is CC(C)(C)c1ccc(CCC(=O)N2CCOC2)cc1. The Morgan fingerprint density at radius 2 is 1.95 bits per heavy atom. The lowest BCUT2D eigenvalue weighted by molar-refractivity contribution is -0.131. The molecule has 0 aromatic heterocycles. The van der Waals surface area contributed by atoms with E-state index < -0.39 is 0 Å². The average molecular weight is 261 g/mol. The van der Waals surface area contributed by atoms with Crippen LogP contribution >= 0.6 is 0 Å². The molecule has 0 N–H and O–H groups in total. The molecular formula is C16H23NO2. The van der Waals surface area contributed by atoms with E-state index in [1.807, 2.05) is 0 Å². The van der Waals surface area contributed by atoms with E-state index in [9.17, 15) is 4.79 Å². The second kappa shape index (κ2) is 5.74. The molecule has 2 rings (SSSR count). The van der Waals surface area contributed by atoms with Crippen molar-refractivity contribution in [1.29, 1.82) is 0 Å². The zero-order chi connectivity index (χ0) is 13.9. The molecule has 0 spiro atoms. The number of benzene rings is 1. The minimum Gasteiger partial charge on any atom is -0.359 e. The van der Waals surface area contributed by atoms with Gasteiger partial charge in [-0.15, -0.1) is 0 Å². The molecule has 0 unspecified atom stereocenters. The Kier molecular flexibility index (Phi) is 4.25. The third-order valence-electron chi connectivity index (χ3n) is 3.55. The number of hydrogen-bond acceptors (Lipinski definition) is 2. The van der Waals surface area contributed by atoms with E-state index in [0.717, 1.165) is 13.0 Å². The fraction of sp³-hybridized carbons (Fsp3) is 0.562. The van der Waals surface area contributed by atoms with E-state index in [2.05, 4.69) is 45.0 Å². The third-order valence-corrected chi connectivity index (χ3v) is 3.55. The number of aryl methyl sites for hydroxylation is 1. The molecule has 1 heterocycles. The van der Waals surface area contributed by atoms with E-state index in [-0.39, 0.29) is 11.3 Å². The summed E-state index contributed by atoms with van der Waals surface area (Å²) >= 11 is 0. The van der Waals surface area contributed by atoms with Gasteiger partial charge in [-0.05, 0) is 23.0 Å². The third kappa shape index (κ3) is 3.80. The standard InChI is InChI=1S/C16H23NO2/c1-16(2,3)14-7-4-13(5-8-14)6-9-15(18)17-10-11-19-12-17/h4-5,7-8H,6,9-12H2,1-3H3. The van der Waals surface area contributed by atoms with Crippen LogP contribution in [0.2, 0.25) is 0 Å². The number of carbonyl (C=O) groups excluding carboxylic acids is 1.